The molecule has 0 amide bonds. The number of halogens is 1. The van der Waals surface area contributed by atoms with Crippen molar-refractivity contribution in [3.8, 4) is 0 Å². The maximum Gasteiger partial charge on any atom is 0.0688 e. The molecular formula is C17H19BrN2. The molecule has 104 valence electrons. The number of rotatable bonds is 2. The summed E-state index contributed by atoms with van der Waals surface area (Å²) in [6, 6.07) is 8.94. The van der Waals surface area contributed by atoms with E-state index in [1.54, 1.807) is 0 Å². The van der Waals surface area contributed by atoms with E-state index in [4.69, 9.17) is 0 Å². The Labute approximate surface area is 128 Å². The van der Waals surface area contributed by atoms with Gasteiger partial charge in [0.05, 0.1) is 17.4 Å². The molecule has 0 radical (unpaired) electrons. The lowest BCUT2D eigenvalue weighted by Crippen LogP contribution is -2.19. The molecule has 0 bridgehead atoms. The van der Waals surface area contributed by atoms with Gasteiger partial charge in [-0.15, -0.1) is 0 Å². The van der Waals surface area contributed by atoms with Gasteiger partial charge in [0.2, 0.25) is 0 Å². The second-order valence-corrected chi connectivity index (χ2v) is 6.43. The molecule has 1 N–H and O–H groups in total. The zero-order chi connectivity index (χ0) is 14.1. The van der Waals surface area contributed by atoms with Gasteiger partial charge in [0.25, 0.3) is 0 Å². The second-order valence-electron chi connectivity index (χ2n) is 5.58. The molecule has 1 aromatic carbocycles. The van der Waals surface area contributed by atoms with E-state index in [0.717, 1.165) is 17.3 Å². The standard InChI is InChI=1S/C17H19BrN2/c1-11-9-12(2)16(14(18)10-11)20-15-7-3-5-13-6-4-8-19-17(13)15/h4,6,8-10,15,20H,3,5,7H2,1-2H3. The number of aromatic nitrogens is 1. The molecule has 1 aliphatic carbocycles. The number of hydrogen-bond donors (Lipinski definition) is 1. The minimum Gasteiger partial charge on any atom is -0.376 e. The molecule has 0 fully saturated rings. The van der Waals surface area contributed by atoms with Crippen LogP contribution in [0.15, 0.2) is 34.9 Å². The third kappa shape index (κ3) is 2.59. The first-order valence-electron chi connectivity index (χ1n) is 7.12. The summed E-state index contributed by atoms with van der Waals surface area (Å²) in [6.07, 6.45) is 5.41. The van der Waals surface area contributed by atoms with Crippen LogP contribution in [0.4, 0.5) is 5.69 Å². The number of anilines is 1. The van der Waals surface area contributed by atoms with Crippen molar-refractivity contribution >= 4 is 21.6 Å². The van der Waals surface area contributed by atoms with Crippen molar-refractivity contribution < 1.29 is 0 Å². The van der Waals surface area contributed by atoms with E-state index in [1.165, 1.54) is 34.5 Å². The molecule has 0 saturated heterocycles. The maximum atomic E-state index is 4.60. The number of fused-ring (bicyclic) bond motifs is 1. The van der Waals surface area contributed by atoms with Gasteiger partial charge in [-0.05, 0) is 77.9 Å². The molecule has 20 heavy (non-hydrogen) atoms. The van der Waals surface area contributed by atoms with Crippen molar-refractivity contribution in [3.05, 3.63) is 57.3 Å². The van der Waals surface area contributed by atoms with Gasteiger partial charge in [-0.3, -0.25) is 4.98 Å². The molecule has 1 atom stereocenters. The average molecular weight is 331 g/mol. The summed E-state index contributed by atoms with van der Waals surface area (Å²) < 4.78 is 1.14. The zero-order valence-electron chi connectivity index (χ0n) is 11.9. The summed E-state index contributed by atoms with van der Waals surface area (Å²) in [5.41, 5.74) is 6.35. The number of nitrogens with one attached hydrogen (secondary N) is 1. The van der Waals surface area contributed by atoms with Gasteiger partial charge in [-0.25, -0.2) is 0 Å². The molecule has 1 unspecified atom stereocenters. The Hall–Kier alpha value is -1.35. The van der Waals surface area contributed by atoms with Gasteiger partial charge in [0, 0.05) is 10.7 Å². The van der Waals surface area contributed by atoms with Gasteiger partial charge < -0.3 is 5.32 Å². The van der Waals surface area contributed by atoms with Crippen molar-refractivity contribution in [2.75, 3.05) is 5.32 Å². The van der Waals surface area contributed by atoms with Crippen LogP contribution in [0.3, 0.4) is 0 Å². The molecule has 0 aliphatic heterocycles. The third-order valence-corrected chi connectivity index (χ3v) is 4.57. The molecule has 1 aliphatic rings. The summed E-state index contributed by atoms with van der Waals surface area (Å²) in [7, 11) is 0. The van der Waals surface area contributed by atoms with Crippen LogP contribution in [0.2, 0.25) is 0 Å². The van der Waals surface area contributed by atoms with Crippen LogP contribution in [0.5, 0.6) is 0 Å². The Morgan fingerprint density at radius 3 is 2.95 bits per heavy atom. The summed E-state index contributed by atoms with van der Waals surface area (Å²) in [6.45, 7) is 4.28. The lowest BCUT2D eigenvalue weighted by molar-refractivity contribution is 0.583. The quantitative estimate of drug-likeness (QED) is 0.842. The summed E-state index contributed by atoms with van der Waals surface area (Å²) in [5.74, 6) is 0. The fourth-order valence-electron chi connectivity index (χ4n) is 3.02. The fraction of sp³-hybridized carbons (Fsp3) is 0.353. The van der Waals surface area contributed by atoms with Crippen LogP contribution in [0, 0.1) is 13.8 Å². The van der Waals surface area contributed by atoms with E-state index in [9.17, 15) is 0 Å². The minimum absolute atomic E-state index is 0.317. The number of aryl methyl sites for hydroxylation is 3. The summed E-state index contributed by atoms with van der Waals surface area (Å²) >= 11 is 3.68. The van der Waals surface area contributed by atoms with Crippen molar-refractivity contribution in [2.45, 2.75) is 39.2 Å². The molecule has 2 nitrogen and oxygen atoms in total. The van der Waals surface area contributed by atoms with E-state index in [1.807, 2.05) is 12.3 Å². The van der Waals surface area contributed by atoms with Crippen molar-refractivity contribution in [1.82, 2.24) is 4.98 Å². The van der Waals surface area contributed by atoms with Gasteiger partial charge in [0.1, 0.15) is 0 Å². The fourth-order valence-corrected chi connectivity index (χ4v) is 3.81. The van der Waals surface area contributed by atoms with Crippen LogP contribution in [0.1, 0.15) is 41.3 Å². The number of nitrogens with zero attached hydrogens (tertiary/aromatic N) is 1. The van der Waals surface area contributed by atoms with E-state index < -0.39 is 0 Å². The first kappa shape index (κ1) is 13.6. The van der Waals surface area contributed by atoms with Crippen molar-refractivity contribution in [3.63, 3.8) is 0 Å². The van der Waals surface area contributed by atoms with Crippen LogP contribution in [-0.4, -0.2) is 4.98 Å². The van der Waals surface area contributed by atoms with Crippen LogP contribution >= 0.6 is 15.9 Å². The highest BCUT2D eigenvalue weighted by Crippen LogP contribution is 2.35. The van der Waals surface area contributed by atoms with Crippen molar-refractivity contribution in [2.24, 2.45) is 0 Å². The molecule has 0 saturated carbocycles. The highest BCUT2D eigenvalue weighted by atomic mass is 79.9. The topological polar surface area (TPSA) is 24.9 Å². The Balaban J connectivity index is 1.94. The minimum atomic E-state index is 0.317. The highest BCUT2D eigenvalue weighted by Gasteiger charge is 2.22. The predicted molar refractivity (Wildman–Crippen MR) is 87.2 cm³/mol. The smallest absolute Gasteiger partial charge is 0.0688 e. The zero-order valence-corrected chi connectivity index (χ0v) is 13.5. The van der Waals surface area contributed by atoms with Gasteiger partial charge in [-0.2, -0.15) is 0 Å². The lowest BCUT2D eigenvalue weighted by Gasteiger charge is -2.27. The van der Waals surface area contributed by atoms with E-state index >= 15 is 0 Å². The molecule has 1 heterocycles. The second kappa shape index (κ2) is 5.57. The van der Waals surface area contributed by atoms with E-state index in [2.05, 4.69) is 58.3 Å². The molecule has 2 aromatic rings. The molecule has 3 heteroatoms. The number of benzene rings is 1. The molecular weight excluding hydrogens is 312 g/mol. The molecule has 0 spiro atoms. The predicted octanol–water partition coefficient (Wildman–Crippen LogP) is 4.95. The van der Waals surface area contributed by atoms with Gasteiger partial charge in [0.15, 0.2) is 0 Å². The maximum absolute atomic E-state index is 4.60. The highest BCUT2D eigenvalue weighted by molar-refractivity contribution is 9.10. The van der Waals surface area contributed by atoms with E-state index in [0.29, 0.717) is 6.04 Å². The monoisotopic (exact) mass is 330 g/mol. The number of pyridine rings is 1. The Morgan fingerprint density at radius 2 is 2.15 bits per heavy atom. The van der Waals surface area contributed by atoms with E-state index in [-0.39, 0.29) is 0 Å². The Morgan fingerprint density at radius 1 is 1.30 bits per heavy atom. The van der Waals surface area contributed by atoms with Crippen LogP contribution in [0.25, 0.3) is 0 Å². The largest absolute Gasteiger partial charge is 0.376 e. The summed E-state index contributed by atoms with van der Waals surface area (Å²) in [4.78, 5) is 4.60. The summed E-state index contributed by atoms with van der Waals surface area (Å²) in [5, 5.41) is 3.69. The molecule has 3 rings (SSSR count). The average Bonchev–Trinajstić information content (AvgIpc) is 2.43. The first-order valence-corrected chi connectivity index (χ1v) is 7.91. The van der Waals surface area contributed by atoms with Crippen LogP contribution < -0.4 is 5.32 Å². The number of hydrogen-bond acceptors (Lipinski definition) is 2. The SMILES string of the molecule is Cc1cc(C)c(NC2CCCc3cccnc32)c(Br)c1. The van der Waals surface area contributed by atoms with Gasteiger partial charge in [-0.1, -0.05) is 12.1 Å². The molecule has 1 aromatic heterocycles. The normalized spacial score (nSPS) is 17.6. The third-order valence-electron chi connectivity index (χ3n) is 3.95. The van der Waals surface area contributed by atoms with Crippen LogP contribution in [-0.2, 0) is 6.42 Å². The van der Waals surface area contributed by atoms with Crippen molar-refractivity contribution in [1.29, 1.82) is 0 Å². The Kier molecular flexibility index (Phi) is 3.79. The Bertz CT molecular complexity index is 614. The first-order chi connectivity index (χ1) is 9.65. The van der Waals surface area contributed by atoms with Gasteiger partial charge >= 0.3 is 0 Å². The lowest BCUT2D eigenvalue weighted by atomic mass is 9.91.